The van der Waals surface area contributed by atoms with Gasteiger partial charge in [-0.1, -0.05) is 19.8 Å². The molecule has 0 bridgehead atoms. The third-order valence-electron chi connectivity index (χ3n) is 3.14. The number of pyridine rings is 1. The zero-order valence-electron chi connectivity index (χ0n) is 11.1. The lowest BCUT2D eigenvalue weighted by Crippen LogP contribution is -2.28. The fourth-order valence-corrected chi connectivity index (χ4v) is 1.96. The number of aromatic amines is 1. The van der Waals surface area contributed by atoms with Crippen molar-refractivity contribution in [3.05, 3.63) is 36.5 Å². The van der Waals surface area contributed by atoms with Gasteiger partial charge in [-0.15, -0.1) is 0 Å². The summed E-state index contributed by atoms with van der Waals surface area (Å²) in [5.74, 6) is 0.516. The number of aliphatic hydroxyl groups is 1. The number of H-pyrrole nitrogens is 1. The molecule has 2 heterocycles. The van der Waals surface area contributed by atoms with Gasteiger partial charge < -0.3 is 15.8 Å². The Morgan fingerprint density at radius 2 is 2.26 bits per heavy atom. The number of hydrogen-bond acceptors (Lipinski definition) is 4. The molecule has 0 aliphatic rings. The van der Waals surface area contributed by atoms with Crippen LogP contribution in [0.4, 0.5) is 0 Å². The summed E-state index contributed by atoms with van der Waals surface area (Å²) >= 11 is 0. The first-order valence-corrected chi connectivity index (χ1v) is 6.61. The fourth-order valence-electron chi connectivity index (χ4n) is 1.96. The molecule has 0 fully saturated rings. The van der Waals surface area contributed by atoms with E-state index in [1.54, 1.807) is 18.6 Å². The van der Waals surface area contributed by atoms with Crippen LogP contribution in [-0.2, 0) is 0 Å². The Balaban J connectivity index is 2.08. The van der Waals surface area contributed by atoms with Crippen molar-refractivity contribution in [2.75, 3.05) is 0 Å². The largest absolute Gasteiger partial charge is 0.384 e. The van der Waals surface area contributed by atoms with Gasteiger partial charge in [-0.3, -0.25) is 4.98 Å². The van der Waals surface area contributed by atoms with Gasteiger partial charge in [-0.05, 0) is 18.6 Å². The monoisotopic (exact) mass is 260 g/mol. The second kappa shape index (κ2) is 6.45. The van der Waals surface area contributed by atoms with E-state index in [-0.39, 0.29) is 6.04 Å². The predicted molar refractivity (Wildman–Crippen MR) is 74.3 cm³/mol. The number of imidazole rings is 1. The topological polar surface area (TPSA) is 87.8 Å². The second-order valence-electron chi connectivity index (χ2n) is 4.67. The van der Waals surface area contributed by atoms with E-state index in [0.717, 1.165) is 30.5 Å². The van der Waals surface area contributed by atoms with Gasteiger partial charge in [0, 0.05) is 24.0 Å². The highest BCUT2D eigenvalue weighted by atomic mass is 16.3. The standard InChI is InChI=1S/C14H20N4O/c1-2-3-6-11(15)13(19)14-17-9-12(18-14)10-5-4-7-16-8-10/h4-5,7-9,11,13,19H,2-3,6,15H2,1H3,(H,17,18). The van der Waals surface area contributed by atoms with Crippen molar-refractivity contribution in [3.63, 3.8) is 0 Å². The van der Waals surface area contributed by atoms with E-state index in [1.165, 1.54) is 0 Å². The minimum absolute atomic E-state index is 0.284. The Labute approximate surface area is 112 Å². The minimum atomic E-state index is -0.753. The van der Waals surface area contributed by atoms with E-state index in [2.05, 4.69) is 21.9 Å². The summed E-state index contributed by atoms with van der Waals surface area (Å²) in [4.78, 5) is 11.4. The Morgan fingerprint density at radius 3 is 2.95 bits per heavy atom. The summed E-state index contributed by atoms with van der Waals surface area (Å²) in [6.07, 6.45) is 7.28. The zero-order chi connectivity index (χ0) is 13.7. The number of rotatable bonds is 6. The van der Waals surface area contributed by atoms with Gasteiger partial charge in [0.15, 0.2) is 0 Å². The van der Waals surface area contributed by atoms with Crippen molar-refractivity contribution in [1.82, 2.24) is 15.0 Å². The first-order chi connectivity index (χ1) is 9.22. The van der Waals surface area contributed by atoms with Crippen LogP contribution in [0.25, 0.3) is 11.3 Å². The summed E-state index contributed by atoms with van der Waals surface area (Å²) < 4.78 is 0. The van der Waals surface area contributed by atoms with E-state index in [1.807, 2.05) is 12.1 Å². The van der Waals surface area contributed by atoms with Crippen molar-refractivity contribution in [2.24, 2.45) is 5.73 Å². The molecule has 2 aromatic rings. The minimum Gasteiger partial charge on any atom is -0.384 e. The SMILES string of the molecule is CCCCC(N)C(O)c1ncc(-c2cccnc2)[nH]1. The molecule has 2 rings (SSSR count). The molecular formula is C14H20N4O. The molecule has 0 radical (unpaired) electrons. The summed E-state index contributed by atoms with van der Waals surface area (Å²) in [5.41, 5.74) is 7.74. The van der Waals surface area contributed by atoms with E-state index < -0.39 is 6.10 Å². The van der Waals surface area contributed by atoms with Crippen molar-refractivity contribution in [3.8, 4) is 11.3 Å². The van der Waals surface area contributed by atoms with E-state index >= 15 is 0 Å². The highest BCUT2D eigenvalue weighted by Gasteiger charge is 2.19. The quantitative estimate of drug-likeness (QED) is 0.741. The molecule has 2 atom stereocenters. The fraction of sp³-hybridized carbons (Fsp3) is 0.429. The molecule has 4 N–H and O–H groups in total. The third kappa shape index (κ3) is 3.39. The Bertz CT molecular complexity index is 497. The molecule has 2 unspecified atom stereocenters. The van der Waals surface area contributed by atoms with Crippen LogP contribution in [0.1, 0.15) is 38.1 Å². The van der Waals surface area contributed by atoms with Crippen molar-refractivity contribution in [2.45, 2.75) is 38.3 Å². The molecular weight excluding hydrogens is 240 g/mol. The molecule has 0 aromatic carbocycles. The van der Waals surface area contributed by atoms with Gasteiger partial charge in [0.1, 0.15) is 11.9 Å². The average molecular weight is 260 g/mol. The molecule has 0 saturated heterocycles. The Kier molecular flexibility index (Phi) is 4.65. The lowest BCUT2D eigenvalue weighted by atomic mass is 10.1. The highest BCUT2D eigenvalue weighted by Crippen LogP contribution is 2.20. The molecule has 0 saturated carbocycles. The van der Waals surface area contributed by atoms with Crippen LogP contribution < -0.4 is 5.73 Å². The lowest BCUT2D eigenvalue weighted by molar-refractivity contribution is 0.133. The number of unbranched alkanes of at least 4 members (excludes halogenated alkanes) is 1. The van der Waals surface area contributed by atoms with E-state index in [4.69, 9.17) is 5.73 Å². The number of aromatic nitrogens is 3. The normalized spacial score (nSPS) is 14.3. The summed E-state index contributed by atoms with van der Waals surface area (Å²) in [7, 11) is 0. The van der Waals surface area contributed by atoms with Gasteiger partial charge >= 0.3 is 0 Å². The molecule has 5 nitrogen and oxygen atoms in total. The smallest absolute Gasteiger partial charge is 0.137 e. The van der Waals surface area contributed by atoms with Gasteiger partial charge in [0.2, 0.25) is 0 Å². The number of aliphatic hydroxyl groups excluding tert-OH is 1. The summed E-state index contributed by atoms with van der Waals surface area (Å²) in [6, 6.07) is 3.51. The van der Waals surface area contributed by atoms with Crippen molar-refractivity contribution in [1.29, 1.82) is 0 Å². The maximum Gasteiger partial charge on any atom is 0.137 e. The average Bonchev–Trinajstić information content (AvgIpc) is 2.94. The maximum atomic E-state index is 10.1. The molecule has 0 aliphatic heterocycles. The molecule has 19 heavy (non-hydrogen) atoms. The number of hydrogen-bond donors (Lipinski definition) is 3. The van der Waals surface area contributed by atoms with Crippen LogP contribution >= 0.6 is 0 Å². The Morgan fingerprint density at radius 1 is 1.42 bits per heavy atom. The molecule has 0 spiro atoms. The first kappa shape index (κ1) is 13.7. The van der Waals surface area contributed by atoms with E-state index in [0.29, 0.717) is 5.82 Å². The molecule has 0 amide bonds. The lowest BCUT2D eigenvalue weighted by Gasteiger charge is -2.16. The van der Waals surface area contributed by atoms with Gasteiger partial charge in [-0.25, -0.2) is 4.98 Å². The van der Waals surface area contributed by atoms with Gasteiger partial charge in [-0.2, -0.15) is 0 Å². The van der Waals surface area contributed by atoms with Crippen LogP contribution in [0.3, 0.4) is 0 Å². The number of nitrogens with one attached hydrogen (secondary N) is 1. The number of nitrogens with two attached hydrogens (primary N) is 1. The first-order valence-electron chi connectivity index (χ1n) is 6.61. The van der Waals surface area contributed by atoms with Crippen LogP contribution in [0.5, 0.6) is 0 Å². The molecule has 2 aromatic heterocycles. The van der Waals surface area contributed by atoms with E-state index in [9.17, 15) is 5.11 Å². The van der Waals surface area contributed by atoms with Gasteiger partial charge in [0.25, 0.3) is 0 Å². The van der Waals surface area contributed by atoms with Crippen LogP contribution in [0.15, 0.2) is 30.7 Å². The second-order valence-corrected chi connectivity index (χ2v) is 4.67. The van der Waals surface area contributed by atoms with Crippen LogP contribution in [0, 0.1) is 0 Å². The predicted octanol–water partition coefficient (Wildman–Crippen LogP) is 2.02. The summed E-state index contributed by atoms with van der Waals surface area (Å²) in [5, 5.41) is 10.1. The van der Waals surface area contributed by atoms with Gasteiger partial charge in [0.05, 0.1) is 11.9 Å². The van der Waals surface area contributed by atoms with Crippen molar-refractivity contribution < 1.29 is 5.11 Å². The highest BCUT2D eigenvalue weighted by molar-refractivity contribution is 5.56. The summed E-state index contributed by atoms with van der Waals surface area (Å²) in [6.45, 7) is 2.10. The van der Waals surface area contributed by atoms with Crippen molar-refractivity contribution >= 4 is 0 Å². The van der Waals surface area contributed by atoms with Crippen LogP contribution in [0.2, 0.25) is 0 Å². The zero-order valence-corrected chi connectivity index (χ0v) is 11.1. The third-order valence-corrected chi connectivity index (χ3v) is 3.14. The number of nitrogens with zero attached hydrogens (tertiary/aromatic N) is 2. The maximum absolute atomic E-state index is 10.1. The molecule has 0 aliphatic carbocycles. The molecule has 102 valence electrons. The Hall–Kier alpha value is -1.72. The van der Waals surface area contributed by atoms with Crippen LogP contribution in [-0.4, -0.2) is 26.1 Å². The molecule has 5 heteroatoms.